The van der Waals surface area contributed by atoms with E-state index in [1.165, 1.54) is 5.39 Å². The minimum atomic E-state index is 0.0944. The van der Waals surface area contributed by atoms with Crippen molar-refractivity contribution in [3.63, 3.8) is 0 Å². The van der Waals surface area contributed by atoms with Gasteiger partial charge in [0, 0.05) is 64.8 Å². The predicted octanol–water partition coefficient (Wildman–Crippen LogP) is 4.05. The Kier molecular flexibility index (Phi) is 7.13. The molecule has 1 amide bonds. The Morgan fingerprint density at radius 1 is 1.11 bits per heavy atom. The maximum atomic E-state index is 12.7. The van der Waals surface area contributed by atoms with Crippen LogP contribution in [0, 0.1) is 5.92 Å². The number of hydrogen-bond donors (Lipinski definition) is 1. The first-order valence-electron chi connectivity index (χ1n) is 12.2. The van der Waals surface area contributed by atoms with Crippen LogP contribution in [0.1, 0.15) is 13.3 Å². The van der Waals surface area contributed by atoms with Crippen molar-refractivity contribution in [3.05, 3.63) is 48.5 Å². The Morgan fingerprint density at radius 3 is 2.66 bits per heavy atom. The van der Waals surface area contributed by atoms with E-state index in [1.807, 2.05) is 28.4 Å². The number of likely N-dealkylation sites (N-methyl/N-ethyl adjacent to an activating group) is 1. The SMILES string of the molecule is CC(=O)C1CCN(c2ccc(SN(C)CC(=O)N3CCOCC3)cc2-c2cc3ccccc3[nH]2)C1. The number of H-pyrrole nitrogens is 1. The van der Waals surface area contributed by atoms with E-state index in [9.17, 15) is 9.59 Å². The Balaban J connectivity index is 1.40. The van der Waals surface area contributed by atoms with Crippen LogP contribution in [0.25, 0.3) is 22.2 Å². The lowest BCUT2D eigenvalue weighted by atomic mass is 10.1. The van der Waals surface area contributed by atoms with Gasteiger partial charge in [-0.2, -0.15) is 0 Å². The van der Waals surface area contributed by atoms with E-state index < -0.39 is 0 Å². The summed E-state index contributed by atoms with van der Waals surface area (Å²) >= 11 is 1.58. The Bertz CT molecular complexity index is 1190. The number of aromatic amines is 1. The molecule has 8 heteroatoms. The highest BCUT2D eigenvalue weighted by Gasteiger charge is 2.28. The zero-order chi connectivity index (χ0) is 24.4. The largest absolute Gasteiger partial charge is 0.378 e. The highest BCUT2D eigenvalue weighted by atomic mass is 32.2. The summed E-state index contributed by atoms with van der Waals surface area (Å²) < 4.78 is 7.35. The third-order valence-corrected chi connectivity index (χ3v) is 7.78. The van der Waals surface area contributed by atoms with Gasteiger partial charge < -0.3 is 19.5 Å². The smallest absolute Gasteiger partial charge is 0.237 e. The van der Waals surface area contributed by atoms with Crippen molar-refractivity contribution < 1.29 is 14.3 Å². The zero-order valence-corrected chi connectivity index (χ0v) is 21.1. The molecule has 35 heavy (non-hydrogen) atoms. The number of carbonyl (C=O) groups is 2. The van der Waals surface area contributed by atoms with Gasteiger partial charge in [-0.25, -0.2) is 4.31 Å². The number of rotatable bonds is 7. The molecule has 5 rings (SSSR count). The molecule has 7 nitrogen and oxygen atoms in total. The van der Waals surface area contributed by atoms with Crippen molar-refractivity contribution in [1.82, 2.24) is 14.2 Å². The number of hydrogen-bond acceptors (Lipinski definition) is 6. The molecule has 2 aromatic carbocycles. The van der Waals surface area contributed by atoms with Gasteiger partial charge in [0.05, 0.1) is 19.8 Å². The number of amides is 1. The van der Waals surface area contributed by atoms with Crippen molar-refractivity contribution in [2.24, 2.45) is 5.92 Å². The standard InChI is InChI=1S/C27H32N4O3S/c1-19(32)21-9-10-31(17-21)26-8-7-22(35-29(2)18-27(33)30-11-13-34-14-12-30)16-23(26)25-15-20-5-3-4-6-24(20)28-25/h3-8,15-16,21,28H,9-14,17-18H2,1-2H3. The van der Waals surface area contributed by atoms with Gasteiger partial charge in [-0.05, 0) is 62.7 Å². The average molecular weight is 493 g/mol. The molecular weight excluding hydrogens is 460 g/mol. The molecular formula is C27H32N4O3S. The fraction of sp³-hybridized carbons (Fsp3) is 0.407. The fourth-order valence-corrected chi connectivity index (χ4v) is 5.74. The van der Waals surface area contributed by atoms with Gasteiger partial charge in [0.1, 0.15) is 5.78 Å². The average Bonchev–Trinajstić information content (AvgIpc) is 3.52. The normalized spacial score (nSPS) is 18.5. The molecule has 0 saturated carbocycles. The highest BCUT2D eigenvalue weighted by molar-refractivity contribution is 7.97. The summed E-state index contributed by atoms with van der Waals surface area (Å²) in [7, 11) is 1.96. The molecule has 2 aliphatic rings. The van der Waals surface area contributed by atoms with Crippen molar-refractivity contribution in [1.29, 1.82) is 0 Å². The summed E-state index contributed by atoms with van der Waals surface area (Å²) in [5, 5.41) is 1.17. The molecule has 1 unspecified atom stereocenters. The number of nitrogens with one attached hydrogen (secondary N) is 1. The molecule has 184 valence electrons. The number of para-hydroxylation sites is 1. The Hall–Kier alpha value is -2.81. The van der Waals surface area contributed by atoms with Crippen LogP contribution in [-0.2, 0) is 14.3 Å². The molecule has 3 aromatic rings. The molecule has 2 saturated heterocycles. The summed E-state index contributed by atoms with van der Waals surface area (Å²) in [6.45, 7) is 6.21. The molecule has 1 aromatic heterocycles. The van der Waals surface area contributed by atoms with Crippen molar-refractivity contribution >= 4 is 40.2 Å². The van der Waals surface area contributed by atoms with E-state index in [2.05, 4.69) is 46.3 Å². The van der Waals surface area contributed by atoms with Crippen molar-refractivity contribution in [3.8, 4) is 11.3 Å². The number of Topliss-reactive ketones (excluding diaryl/α,β-unsaturated/α-hetero) is 1. The first-order chi connectivity index (χ1) is 17.0. The van der Waals surface area contributed by atoms with Gasteiger partial charge in [-0.1, -0.05) is 18.2 Å². The van der Waals surface area contributed by atoms with Crippen LogP contribution in [0.5, 0.6) is 0 Å². The maximum Gasteiger partial charge on any atom is 0.237 e. The lowest BCUT2D eigenvalue weighted by Gasteiger charge is -2.28. The van der Waals surface area contributed by atoms with Gasteiger partial charge >= 0.3 is 0 Å². The van der Waals surface area contributed by atoms with Crippen LogP contribution < -0.4 is 4.90 Å². The second kappa shape index (κ2) is 10.4. The van der Waals surface area contributed by atoms with Crippen LogP contribution >= 0.6 is 11.9 Å². The molecule has 1 N–H and O–H groups in total. The van der Waals surface area contributed by atoms with Gasteiger partial charge in [0.2, 0.25) is 5.91 Å². The van der Waals surface area contributed by atoms with Crippen LogP contribution in [0.2, 0.25) is 0 Å². The molecule has 1 atom stereocenters. The number of aromatic nitrogens is 1. The number of ketones is 1. The van der Waals surface area contributed by atoms with Crippen molar-refractivity contribution in [2.45, 2.75) is 18.2 Å². The number of benzene rings is 2. The minimum absolute atomic E-state index is 0.0944. The number of fused-ring (bicyclic) bond motifs is 1. The van der Waals surface area contributed by atoms with Crippen LogP contribution in [-0.4, -0.2) is 78.9 Å². The van der Waals surface area contributed by atoms with Gasteiger partial charge in [-0.15, -0.1) is 0 Å². The summed E-state index contributed by atoms with van der Waals surface area (Å²) in [5.74, 6) is 0.485. The lowest BCUT2D eigenvalue weighted by molar-refractivity contribution is -0.135. The number of anilines is 1. The van der Waals surface area contributed by atoms with Crippen LogP contribution in [0.4, 0.5) is 5.69 Å². The highest BCUT2D eigenvalue weighted by Crippen LogP contribution is 2.38. The third kappa shape index (κ3) is 5.39. The van der Waals surface area contributed by atoms with E-state index in [1.54, 1.807) is 18.9 Å². The second-order valence-electron chi connectivity index (χ2n) is 9.36. The molecule has 2 aliphatic heterocycles. The first-order valence-corrected chi connectivity index (χ1v) is 13.0. The number of morpholine rings is 1. The van der Waals surface area contributed by atoms with Crippen LogP contribution in [0.3, 0.4) is 0 Å². The third-order valence-electron chi connectivity index (χ3n) is 6.87. The Morgan fingerprint density at radius 2 is 1.91 bits per heavy atom. The quantitative estimate of drug-likeness (QED) is 0.502. The molecule has 0 bridgehead atoms. The lowest BCUT2D eigenvalue weighted by Crippen LogP contribution is -2.44. The van der Waals surface area contributed by atoms with Gasteiger partial charge in [0.25, 0.3) is 0 Å². The summed E-state index contributed by atoms with van der Waals surface area (Å²) in [4.78, 5) is 33.5. The second-order valence-corrected chi connectivity index (χ2v) is 10.6. The van der Waals surface area contributed by atoms with E-state index in [-0.39, 0.29) is 17.6 Å². The molecule has 2 fully saturated rings. The topological polar surface area (TPSA) is 68.9 Å². The number of ether oxygens (including phenoxy) is 1. The molecule has 0 radical (unpaired) electrons. The van der Waals surface area contributed by atoms with E-state index in [0.717, 1.165) is 46.9 Å². The number of nitrogens with zero attached hydrogens (tertiary/aromatic N) is 3. The van der Waals surface area contributed by atoms with Crippen LogP contribution in [0.15, 0.2) is 53.4 Å². The van der Waals surface area contributed by atoms with E-state index in [0.29, 0.717) is 32.8 Å². The minimum Gasteiger partial charge on any atom is -0.378 e. The zero-order valence-electron chi connectivity index (χ0n) is 20.3. The van der Waals surface area contributed by atoms with E-state index in [4.69, 9.17) is 4.74 Å². The predicted molar refractivity (Wildman–Crippen MR) is 141 cm³/mol. The van der Waals surface area contributed by atoms with Gasteiger partial charge in [-0.3, -0.25) is 9.59 Å². The summed E-state index contributed by atoms with van der Waals surface area (Å²) in [6, 6.07) is 16.9. The monoisotopic (exact) mass is 492 g/mol. The summed E-state index contributed by atoms with van der Waals surface area (Å²) in [5.41, 5.74) is 4.41. The van der Waals surface area contributed by atoms with Gasteiger partial charge in [0.15, 0.2) is 0 Å². The molecule has 0 spiro atoms. The first kappa shape index (κ1) is 23.9. The molecule has 0 aliphatic carbocycles. The number of carbonyl (C=O) groups excluding carboxylic acids is 2. The van der Waals surface area contributed by atoms with Crippen molar-refractivity contribution in [2.75, 3.05) is 57.9 Å². The Labute approximate surface area is 210 Å². The van der Waals surface area contributed by atoms with E-state index >= 15 is 0 Å². The maximum absolute atomic E-state index is 12.7. The fourth-order valence-electron chi connectivity index (χ4n) is 4.91. The molecule has 3 heterocycles. The summed E-state index contributed by atoms with van der Waals surface area (Å²) in [6.07, 6.45) is 0.893.